The summed E-state index contributed by atoms with van der Waals surface area (Å²) < 4.78 is 4.89. The van der Waals surface area contributed by atoms with E-state index >= 15 is 0 Å². The summed E-state index contributed by atoms with van der Waals surface area (Å²) in [6.45, 7) is 4.38. The van der Waals surface area contributed by atoms with Gasteiger partial charge in [0.2, 0.25) is 0 Å². The van der Waals surface area contributed by atoms with E-state index < -0.39 is 0 Å². The number of carbonyl (C=O) groups is 1. The van der Waals surface area contributed by atoms with Crippen molar-refractivity contribution in [1.82, 2.24) is 5.32 Å². The van der Waals surface area contributed by atoms with Crippen molar-refractivity contribution < 1.29 is 9.53 Å². The van der Waals surface area contributed by atoms with Crippen LogP contribution in [0.15, 0.2) is 18.2 Å². The summed E-state index contributed by atoms with van der Waals surface area (Å²) in [5.74, 6) is -0.270. The molecule has 1 atom stereocenters. The fourth-order valence-electron chi connectivity index (χ4n) is 1.34. The van der Waals surface area contributed by atoms with E-state index in [9.17, 15) is 4.79 Å². The Morgan fingerprint density at radius 2 is 2.29 bits per heavy atom. The van der Waals surface area contributed by atoms with Crippen molar-refractivity contribution in [3.05, 3.63) is 28.8 Å². The zero-order chi connectivity index (χ0) is 12.8. The lowest BCUT2D eigenvalue weighted by Gasteiger charge is -2.13. The summed E-state index contributed by atoms with van der Waals surface area (Å²) in [4.78, 5) is 11.4. The van der Waals surface area contributed by atoms with Gasteiger partial charge in [-0.3, -0.25) is 4.79 Å². The number of nitrogens with two attached hydrogens (primary N) is 1. The number of ether oxygens (including phenoxy) is 1. The topological polar surface area (TPSA) is 64.3 Å². The molecule has 0 aliphatic heterocycles. The van der Waals surface area contributed by atoms with Gasteiger partial charge in [-0.1, -0.05) is 11.6 Å². The quantitative estimate of drug-likeness (QED) is 0.624. The summed E-state index contributed by atoms with van der Waals surface area (Å²) in [6.07, 6.45) is 0. The standard InChI is InChI=1S/C12H17ClN2O2/c1-3-17-12(16)8(2)15-7-9-6-10(13)4-5-11(9)14/h4-6,8,15H,3,7,14H2,1-2H3. The minimum atomic E-state index is -0.367. The maximum atomic E-state index is 11.4. The number of esters is 1. The van der Waals surface area contributed by atoms with Crippen LogP contribution >= 0.6 is 11.6 Å². The van der Waals surface area contributed by atoms with Crippen LogP contribution in [0, 0.1) is 0 Å². The van der Waals surface area contributed by atoms with Gasteiger partial charge >= 0.3 is 5.97 Å². The zero-order valence-electron chi connectivity index (χ0n) is 10.00. The molecule has 0 spiro atoms. The number of rotatable bonds is 5. The molecule has 94 valence electrons. The highest BCUT2D eigenvalue weighted by atomic mass is 35.5. The lowest BCUT2D eigenvalue weighted by molar-refractivity contribution is -0.145. The maximum Gasteiger partial charge on any atom is 0.322 e. The van der Waals surface area contributed by atoms with E-state index in [0.717, 1.165) is 5.56 Å². The zero-order valence-corrected chi connectivity index (χ0v) is 10.8. The lowest BCUT2D eigenvalue weighted by Crippen LogP contribution is -2.35. The van der Waals surface area contributed by atoms with Crippen LogP contribution < -0.4 is 11.1 Å². The molecule has 5 heteroatoms. The summed E-state index contributed by atoms with van der Waals surface area (Å²) in [7, 11) is 0. The van der Waals surface area contributed by atoms with Crippen LogP contribution in [-0.2, 0) is 16.1 Å². The number of hydrogen-bond donors (Lipinski definition) is 2. The Hall–Kier alpha value is -1.26. The Bertz CT molecular complexity index is 396. The van der Waals surface area contributed by atoms with Gasteiger partial charge in [0.15, 0.2) is 0 Å². The Morgan fingerprint density at radius 3 is 2.94 bits per heavy atom. The highest BCUT2D eigenvalue weighted by molar-refractivity contribution is 6.30. The van der Waals surface area contributed by atoms with Gasteiger partial charge in [0.05, 0.1) is 6.61 Å². The van der Waals surface area contributed by atoms with Crippen LogP contribution in [0.2, 0.25) is 5.02 Å². The molecule has 0 aromatic heterocycles. The van der Waals surface area contributed by atoms with Gasteiger partial charge in [-0.15, -0.1) is 0 Å². The second kappa shape index (κ2) is 6.47. The van der Waals surface area contributed by atoms with Gasteiger partial charge in [-0.25, -0.2) is 0 Å². The third-order valence-electron chi connectivity index (χ3n) is 2.34. The van der Waals surface area contributed by atoms with Crippen molar-refractivity contribution in [2.75, 3.05) is 12.3 Å². The van der Waals surface area contributed by atoms with Crippen LogP contribution in [0.25, 0.3) is 0 Å². The van der Waals surface area contributed by atoms with Crippen LogP contribution in [0.5, 0.6) is 0 Å². The van der Waals surface area contributed by atoms with Crippen molar-refractivity contribution in [1.29, 1.82) is 0 Å². The third-order valence-corrected chi connectivity index (χ3v) is 2.58. The van der Waals surface area contributed by atoms with Crippen molar-refractivity contribution >= 4 is 23.3 Å². The molecule has 0 fully saturated rings. The van der Waals surface area contributed by atoms with Crippen LogP contribution in [0.3, 0.4) is 0 Å². The molecule has 4 nitrogen and oxygen atoms in total. The fourth-order valence-corrected chi connectivity index (χ4v) is 1.54. The predicted octanol–water partition coefficient (Wildman–Crippen LogP) is 1.96. The molecule has 0 amide bonds. The molecular weight excluding hydrogens is 240 g/mol. The fraction of sp³-hybridized carbons (Fsp3) is 0.417. The second-order valence-electron chi connectivity index (χ2n) is 3.70. The normalized spacial score (nSPS) is 12.2. The highest BCUT2D eigenvalue weighted by Gasteiger charge is 2.13. The number of carbonyl (C=O) groups excluding carboxylic acids is 1. The van der Waals surface area contributed by atoms with Crippen molar-refractivity contribution in [3.63, 3.8) is 0 Å². The SMILES string of the molecule is CCOC(=O)C(C)NCc1cc(Cl)ccc1N. The summed E-state index contributed by atoms with van der Waals surface area (Å²) in [5.41, 5.74) is 7.32. The minimum Gasteiger partial charge on any atom is -0.465 e. The molecule has 1 rings (SSSR count). The largest absolute Gasteiger partial charge is 0.465 e. The molecule has 0 aliphatic rings. The van der Waals surface area contributed by atoms with Crippen LogP contribution in [0.1, 0.15) is 19.4 Å². The van der Waals surface area contributed by atoms with E-state index in [1.54, 1.807) is 32.0 Å². The van der Waals surface area contributed by atoms with Gasteiger partial charge in [0, 0.05) is 17.3 Å². The first-order valence-corrected chi connectivity index (χ1v) is 5.86. The second-order valence-corrected chi connectivity index (χ2v) is 4.13. The lowest BCUT2D eigenvalue weighted by atomic mass is 10.1. The van der Waals surface area contributed by atoms with Gasteiger partial charge in [-0.05, 0) is 37.6 Å². The van der Waals surface area contributed by atoms with E-state index in [1.165, 1.54) is 0 Å². The molecule has 0 heterocycles. The Balaban J connectivity index is 2.55. The van der Waals surface area contributed by atoms with Gasteiger partial charge in [0.1, 0.15) is 6.04 Å². The molecule has 0 aliphatic carbocycles. The van der Waals surface area contributed by atoms with Crippen molar-refractivity contribution in [3.8, 4) is 0 Å². The van der Waals surface area contributed by atoms with Gasteiger partial charge < -0.3 is 15.8 Å². The van der Waals surface area contributed by atoms with Crippen LogP contribution in [-0.4, -0.2) is 18.6 Å². The Kier molecular flexibility index (Phi) is 5.25. The first-order valence-electron chi connectivity index (χ1n) is 5.48. The number of halogens is 1. The Labute approximate surface area is 106 Å². The number of anilines is 1. The molecule has 3 N–H and O–H groups in total. The molecule has 1 aromatic rings. The number of benzene rings is 1. The summed E-state index contributed by atoms with van der Waals surface area (Å²) in [5, 5.41) is 3.66. The maximum absolute atomic E-state index is 11.4. The molecule has 0 radical (unpaired) electrons. The molecule has 1 unspecified atom stereocenters. The van der Waals surface area contributed by atoms with E-state index in [-0.39, 0.29) is 12.0 Å². The average molecular weight is 257 g/mol. The van der Waals surface area contributed by atoms with Crippen molar-refractivity contribution in [2.24, 2.45) is 0 Å². The van der Waals surface area contributed by atoms with Gasteiger partial charge in [0.25, 0.3) is 0 Å². The first kappa shape index (κ1) is 13.8. The number of nitrogens with one attached hydrogen (secondary N) is 1. The van der Waals surface area contributed by atoms with Gasteiger partial charge in [-0.2, -0.15) is 0 Å². The summed E-state index contributed by atoms with van der Waals surface area (Å²) >= 11 is 5.87. The highest BCUT2D eigenvalue weighted by Crippen LogP contribution is 2.17. The van der Waals surface area contributed by atoms with E-state index in [1.807, 2.05) is 0 Å². The van der Waals surface area contributed by atoms with E-state index in [4.69, 9.17) is 22.1 Å². The molecule has 0 bridgehead atoms. The number of hydrogen-bond acceptors (Lipinski definition) is 4. The van der Waals surface area contributed by atoms with E-state index in [0.29, 0.717) is 23.9 Å². The summed E-state index contributed by atoms with van der Waals surface area (Å²) in [6, 6.07) is 4.89. The predicted molar refractivity (Wildman–Crippen MR) is 68.8 cm³/mol. The minimum absolute atomic E-state index is 0.270. The third kappa shape index (κ3) is 4.24. The molecule has 17 heavy (non-hydrogen) atoms. The van der Waals surface area contributed by atoms with Crippen molar-refractivity contribution in [2.45, 2.75) is 26.4 Å². The van der Waals surface area contributed by atoms with E-state index in [2.05, 4.69) is 5.32 Å². The number of nitrogen functional groups attached to an aromatic ring is 1. The monoisotopic (exact) mass is 256 g/mol. The molecular formula is C12H17ClN2O2. The molecule has 0 saturated carbocycles. The molecule has 1 aromatic carbocycles. The van der Waals surface area contributed by atoms with Crippen LogP contribution in [0.4, 0.5) is 5.69 Å². The average Bonchev–Trinajstić information content (AvgIpc) is 2.30. The Morgan fingerprint density at radius 1 is 1.59 bits per heavy atom. The first-order chi connectivity index (χ1) is 8.04. The molecule has 0 saturated heterocycles. The smallest absolute Gasteiger partial charge is 0.322 e.